The molecule has 1 atom stereocenters. The summed E-state index contributed by atoms with van der Waals surface area (Å²) in [5.41, 5.74) is 2.16. The van der Waals surface area contributed by atoms with Crippen molar-refractivity contribution in [1.82, 2.24) is 5.32 Å². The number of anilines is 1. The maximum absolute atomic E-state index is 9.50. The quantitative estimate of drug-likeness (QED) is 0.871. The first-order valence-corrected chi connectivity index (χ1v) is 6.41. The van der Waals surface area contributed by atoms with Crippen molar-refractivity contribution < 1.29 is 5.11 Å². The molecule has 16 heavy (non-hydrogen) atoms. The van der Waals surface area contributed by atoms with Gasteiger partial charge in [0, 0.05) is 30.7 Å². The van der Waals surface area contributed by atoms with E-state index in [4.69, 9.17) is 0 Å². The molecule has 2 N–H and O–H groups in total. The van der Waals surface area contributed by atoms with E-state index in [0.717, 1.165) is 36.2 Å². The molecule has 1 aliphatic rings. The number of halogens is 1. The van der Waals surface area contributed by atoms with Gasteiger partial charge in [0.15, 0.2) is 0 Å². The lowest BCUT2D eigenvalue weighted by Gasteiger charge is -2.30. The average molecular weight is 285 g/mol. The molecular formula is C12H17BrN2O. The number of piperazine rings is 1. The molecular weight excluding hydrogens is 268 g/mol. The van der Waals surface area contributed by atoms with Crippen molar-refractivity contribution in [2.45, 2.75) is 13.0 Å². The number of rotatable bonds is 2. The molecule has 1 unspecified atom stereocenters. The van der Waals surface area contributed by atoms with Crippen LogP contribution in [0.3, 0.4) is 0 Å². The molecule has 4 heteroatoms. The van der Waals surface area contributed by atoms with Crippen molar-refractivity contribution in [1.29, 1.82) is 0 Å². The maximum Gasteiger partial charge on any atom is 0.0762 e. The van der Waals surface area contributed by atoms with Gasteiger partial charge in [-0.2, -0.15) is 0 Å². The minimum Gasteiger partial charge on any atom is -0.389 e. The zero-order valence-electron chi connectivity index (χ0n) is 9.41. The van der Waals surface area contributed by atoms with Crippen LogP contribution in [0.1, 0.15) is 18.6 Å². The Morgan fingerprint density at radius 3 is 2.62 bits per heavy atom. The molecule has 1 aromatic carbocycles. The monoisotopic (exact) mass is 284 g/mol. The van der Waals surface area contributed by atoms with Gasteiger partial charge in [-0.1, -0.05) is 6.07 Å². The van der Waals surface area contributed by atoms with Crippen molar-refractivity contribution >= 4 is 21.6 Å². The molecule has 0 saturated carbocycles. The van der Waals surface area contributed by atoms with Gasteiger partial charge in [0.25, 0.3) is 0 Å². The van der Waals surface area contributed by atoms with Crippen LogP contribution in [-0.4, -0.2) is 31.3 Å². The lowest BCUT2D eigenvalue weighted by Crippen LogP contribution is -2.43. The van der Waals surface area contributed by atoms with Gasteiger partial charge in [-0.15, -0.1) is 0 Å². The van der Waals surface area contributed by atoms with Crippen LogP contribution in [0.25, 0.3) is 0 Å². The van der Waals surface area contributed by atoms with Crippen LogP contribution in [-0.2, 0) is 0 Å². The normalized spacial score (nSPS) is 18.6. The number of hydrogen-bond acceptors (Lipinski definition) is 3. The summed E-state index contributed by atoms with van der Waals surface area (Å²) in [5, 5.41) is 12.8. The number of aliphatic hydroxyl groups is 1. The third-order valence-electron chi connectivity index (χ3n) is 2.91. The maximum atomic E-state index is 9.50. The SMILES string of the molecule is CC(O)c1ccc(N2CCNCC2)c(Br)c1. The van der Waals surface area contributed by atoms with Gasteiger partial charge in [-0.25, -0.2) is 0 Å². The molecule has 2 rings (SSSR count). The standard InChI is InChI=1S/C12H17BrN2O/c1-9(16)10-2-3-12(11(13)8-10)15-6-4-14-5-7-15/h2-3,8-9,14,16H,4-7H2,1H3. The van der Waals surface area contributed by atoms with Crippen molar-refractivity contribution in [2.75, 3.05) is 31.1 Å². The highest BCUT2D eigenvalue weighted by Crippen LogP contribution is 2.29. The van der Waals surface area contributed by atoms with E-state index in [1.807, 2.05) is 12.1 Å². The summed E-state index contributed by atoms with van der Waals surface area (Å²) in [7, 11) is 0. The third-order valence-corrected chi connectivity index (χ3v) is 3.55. The van der Waals surface area contributed by atoms with Crippen molar-refractivity contribution in [3.8, 4) is 0 Å². The summed E-state index contributed by atoms with van der Waals surface area (Å²) in [6.45, 7) is 5.92. The van der Waals surface area contributed by atoms with Gasteiger partial charge >= 0.3 is 0 Å². The Kier molecular flexibility index (Phi) is 3.84. The van der Waals surface area contributed by atoms with E-state index in [2.05, 4.69) is 32.2 Å². The molecule has 88 valence electrons. The van der Waals surface area contributed by atoms with Gasteiger partial charge in [0.2, 0.25) is 0 Å². The van der Waals surface area contributed by atoms with E-state index in [1.54, 1.807) is 6.92 Å². The largest absolute Gasteiger partial charge is 0.389 e. The molecule has 1 aliphatic heterocycles. The van der Waals surface area contributed by atoms with Crippen molar-refractivity contribution in [3.63, 3.8) is 0 Å². The third kappa shape index (κ3) is 2.56. The van der Waals surface area contributed by atoms with E-state index < -0.39 is 6.10 Å². The zero-order chi connectivity index (χ0) is 11.5. The van der Waals surface area contributed by atoms with E-state index >= 15 is 0 Å². The van der Waals surface area contributed by atoms with Gasteiger partial charge in [-0.05, 0) is 40.5 Å². The van der Waals surface area contributed by atoms with Crippen molar-refractivity contribution in [2.24, 2.45) is 0 Å². The number of hydrogen-bond donors (Lipinski definition) is 2. The fourth-order valence-electron chi connectivity index (χ4n) is 1.95. The second-order valence-electron chi connectivity index (χ2n) is 4.12. The number of nitrogens with zero attached hydrogens (tertiary/aromatic N) is 1. The summed E-state index contributed by atoms with van der Waals surface area (Å²) < 4.78 is 1.06. The summed E-state index contributed by atoms with van der Waals surface area (Å²) in [6.07, 6.45) is -0.409. The Balaban J connectivity index is 2.21. The molecule has 0 spiro atoms. The van der Waals surface area contributed by atoms with Crippen LogP contribution in [0.15, 0.2) is 22.7 Å². The van der Waals surface area contributed by atoms with Gasteiger partial charge < -0.3 is 15.3 Å². The first kappa shape index (κ1) is 11.9. The predicted molar refractivity (Wildman–Crippen MR) is 69.9 cm³/mol. The highest BCUT2D eigenvalue weighted by molar-refractivity contribution is 9.10. The molecule has 0 amide bonds. The Morgan fingerprint density at radius 1 is 1.38 bits per heavy atom. The van der Waals surface area contributed by atoms with Crippen LogP contribution in [0.4, 0.5) is 5.69 Å². The zero-order valence-corrected chi connectivity index (χ0v) is 11.0. The average Bonchev–Trinajstić information content (AvgIpc) is 2.30. The second-order valence-corrected chi connectivity index (χ2v) is 4.98. The lowest BCUT2D eigenvalue weighted by atomic mass is 10.1. The van der Waals surface area contributed by atoms with Crippen LogP contribution in [0.2, 0.25) is 0 Å². The van der Waals surface area contributed by atoms with E-state index in [9.17, 15) is 5.11 Å². The lowest BCUT2D eigenvalue weighted by molar-refractivity contribution is 0.199. The molecule has 0 bridgehead atoms. The minimum atomic E-state index is -0.409. The smallest absolute Gasteiger partial charge is 0.0762 e. The predicted octanol–water partition coefficient (Wildman–Crippen LogP) is 1.91. The van der Waals surface area contributed by atoms with Crippen molar-refractivity contribution in [3.05, 3.63) is 28.2 Å². The molecule has 0 radical (unpaired) electrons. The molecule has 0 aliphatic carbocycles. The van der Waals surface area contributed by atoms with Crippen LogP contribution in [0.5, 0.6) is 0 Å². The van der Waals surface area contributed by atoms with Gasteiger partial charge in [0.05, 0.1) is 11.8 Å². The van der Waals surface area contributed by atoms with Crippen LogP contribution >= 0.6 is 15.9 Å². The van der Waals surface area contributed by atoms with E-state index in [1.165, 1.54) is 5.69 Å². The van der Waals surface area contributed by atoms with E-state index in [0.29, 0.717) is 0 Å². The molecule has 1 aromatic rings. The van der Waals surface area contributed by atoms with Gasteiger partial charge in [0.1, 0.15) is 0 Å². The molecule has 3 nitrogen and oxygen atoms in total. The fraction of sp³-hybridized carbons (Fsp3) is 0.500. The number of benzene rings is 1. The van der Waals surface area contributed by atoms with Crippen LogP contribution in [0, 0.1) is 0 Å². The molecule has 1 heterocycles. The Morgan fingerprint density at radius 2 is 2.06 bits per heavy atom. The Labute approximate surface area is 105 Å². The first-order valence-electron chi connectivity index (χ1n) is 5.61. The highest BCUT2D eigenvalue weighted by atomic mass is 79.9. The fourth-order valence-corrected chi connectivity index (χ4v) is 2.59. The van der Waals surface area contributed by atoms with E-state index in [-0.39, 0.29) is 0 Å². The van der Waals surface area contributed by atoms with Gasteiger partial charge in [-0.3, -0.25) is 0 Å². The molecule has 1 fully saturated rings. The number of aliphatic hydroxyl groups excluding tert-OH is 1. The Bertz CT molecular complexity index is 362. The summed E-state index contributed by atoms with van der Waals surface area (Å²) >= 11 is 3.58. The number of nitrogens with one attached hydrogen (secondary N) is 1. The summed E-state index contributed by atoms with van der Waals surface area (Å²) in [4.78, 5) is 2.35. The molecule has 1 saturated heterocycles. The second kappa shape index (κ2) is 5.17. The molecule has 0 aromatic heterocycles. The Hall–Kier alpha value is -0.580. The first-order chi connectivity index (χ1) is 7.68. The van der Waals surface area contributed by atoms with Crippen LogP contribution < -0.4 is 10.2 Å². The topological polar surface area (TPSA) is 35.5 Å². The summed E-state index contributed by atoms with van der Waals surface area (Å²) in [5.74, 6) is 0. The summed E-state index contributed by atoms with van der Waals surface area (Å²) in [6, 6.07) is 6.08. The highest BCUT2D eigenvalue weighted by Gasteiger charge is 2.14. The minimum absolute atomic E-state index is 0.409.